The molecule has 0 radical (unpaired) electrons. The van der Waals surface area contributed by atoms with Gasteiger partial charge < -0.3 is 0 Å². The van der Waals surface area contributed by atoms with E-state index >= 15 is 0 Å². The van der Waals surface area contributed by atoms with E-state index in [0.29, 0.717) is 0 Å². The van der Waals surface area contributed by atoms with Crippen molar-refractivity contribution >= 4 is 37.7 Å². The van der Waals surface area contributed by atoms with Crippen LogP contribution in [-0.2, 0) is 5.41 Å². The van der Waals surface area contributed by atoms with Gasteiger partial charge in [-0.3, -0.25) is 0 Å². The van der Waals surface area contributed by atoms with E-state index in [2.05, 4.69) is 46.4 Å². The standard InChI is InChI=1S/2C6H15OSi.CH3.Sb/c2*1-4-8(7,5-2)6-3;;/h2*4-6H2,1-3H3;1H3;/q2*-1;;+2. The average molecular weight is 399 g/mol. The molecule has 0 unspecified atom stereocenters. The average Bonchev–Trinajstić information content (AvgIpc) is 2.42. The molecule has 0 aliphatic rings. The first-order valence-corrected chi connectivity index (χ1v) is 17.3. The minimum atomic E-state index is -1.89. The molecule has 0 aliphatic carbocycles. The molecule has 0 fully saturated rings. The Morgan fingerprint density at radius 1 is 0.611 bits per heavy atom. The fourth-order valence-corrected chi connectivity index (χ4v) is 24.4. The number of hydrogen-bond acceptors (Lipinski definition) is 2. The van der Waals surface area contributed by atoms with Crippen molar-refractivity contribution in [1.82, 2.24) is 0 Å². The summed E-state index contributed by atoms with van der Waals surface area (Å²) in [5.74, 6) is 0. The van der Waals surface area contributed by atoms with Crippen LogP contribution in [0.2, 0.25) is 41.1 Å². The Morgan fingerprint density at radius 2 is 0.833 bits per heavy atom. The summed E-state index contributed by atoms with van der Waals surface area (Å²) < 4.78 is 13.2. The van der Waals surface area contributed by atoms with Gasteiger partial charge in [0.25, 0.3) is 0 Å². The summed E-state index contributed by atoms with van der Waals surface area (Å²) in [6.45, 7) is 13.8. The second-order valence-electron chi connectivity index (χ2n) is 5.11. The van der Waals surface area contributed by atoms with Crippen molar-refractivity contribution in [2.75, 3.05) is 0 Å². The van der Waals surface area contributed by atoms with Gasteiger partial charge in [-0.2, -0.15) is 0 Å². The third kappa shape index (κ3) is 5.28. The molecule has 110 valence electrons. The van der Waals surface area contributed by atoms with E-state index in [1.807, 2.05) is 0 Å². The topological polar surface area (TPSA) is 18.5 Å². The van der Waals surface area contributed by atoms with Crippen molar-refractivity contribution in [3.8, 4) is 0 Å². The number of hydrogen-bond donors (Lipinski definition) is 0. The first-order valence-electron chi connectivity index (χ1n) is 7.58. The van der Waals surface area contributed by atoms with Gasteiger partial charge in [-0.25, -0.2) is 0 Å². The van der Waals surface area contributed by atoms with E-state index in [-0.39, 0.29) is 0 Å². The molecule has 0 heterocycles. The van der Waals surface area contributed by atoms with E-state index in [4.69, 9.17) is 5.41 Å². The van der Waals surface area contributed by atoms with Crippen molar-refractivity contribution in [3.63, 3.8) is 0 Å². The summed E-state index contributed by atoms with van der Waals surface area (Å²) in [6.07, 6.45) is 0. The van der Waals surface area contributed by atoms with Crippen LogP contribution in [0.15, 0.2) is 0 Å². The van der Waals surface area contributed by atoms with Crippen molar-refractivity contribution in [1.29, 1.82) is 0 Å². The van der Waals surface area contributed by atoms with Crippen LogP contribution in [0.1, 0.15) is 41.5 Å². The molecule has 0 atom stereocenters. The SMILES string of the molecule is CC[Si](CC)(CC)[O][Sb]([CH3])[O][Si](CC)(CC)CC. The Labute approximate surface area is 125 Å². The zero-order chi connectivity index (χ0) is 14.2. The van der Waals surface area contributed by atoms with E-state index < -0.39 is 37.7 Å². The Balaban J connectivity index is 4.61. The summed E-state index contributed by atoms with van der Waals surface area (Å²) in [5.41, 5.74) is 0. The maximum atomic E-state index is 6.58. The summed E-state index contributed by atoms with van der Waals surface area (Å²) >= 11 is -1.89. The van der Waals surface area contributed by atoms with Gasteiger partial charge in [0.2, 0.25) is 0 Å². The first kappa shape index (κ1) is 19.2. The molecule has 0 aromatic heterocycles. The molecule has 0 saturated heterocycles. The predicted octanol–water partition coefficient (Wildman–Crippen LogP) is 5.15. The minimum absolute atomic E-state index is 1.25. The van der Waals surface area contributed by atoms with Gasteiger partial charge in [0.1, 0.15) is 0 Å². The summed E-state index contributed by atoms with van der Waals surface area (Å²) in [4.78, 5) is 2.30. The maximum absolute atomic E-state index is 6.58. The molecule has 0 amide bonds. The summed E-state index contributed by atoms with van der Waals surface area (Å²) in [6, 6.07) is 7.48. The third-order valence-electron chi connectivity index (χ3n) is 4.51. The van der Waals surface area contributed by atoms with Gasteiger partial charge in [-0.1, -0.05) is 0 Å². The fourth-order valence-electron chi connectivity index (χ4n) is 2.45. The molecule has 0 aliphatic heterocycles. The van der Waals surface area contributed by atoms with Crippen LogP contribution in [0.3, 0.4) is 0 Å². The zero-order valence-corrected chi connectivity index (χ0v) is 18.1. The van der Waals surface area contributed by atoms with Crippen LogP contribution < -0.4 is 0 Å². The van der Waals surface area contributed by atoms with E-state index in [1.54, 1.807) is 0 Å². The van der Waals surface area contributed by atoms with Gasteiger partial charge in [-0.05, 0) is 0 Å². The number of rotatable bonds is 10. The van der Waals surface area contributed by atoms with E-state index in [9.17, 15) is 0 Å². The van der Waals surface area contributed by atoms with Crippen molar-refractivity contribution in [2.24, 2.45) is 0 Å². The molecule has 5 heteroatoms. The quantitative estimate of drug-likeness (QED) is 0.473. The van der Waals surface area contributed by atoms with Crippen LogP contribution >= 0.6 is 0 Å². The Bertz CT molecular complexity index is 181. The van der Waals surface area contributed by atoms with Crippen LogP contribution in [-0.4, -0.2) is 37.7 Å². The Kier molecular flexibility index (Phi) is 9.77. The molecule has 18 heavy (non-hydrogen) atoms. The second kappa shape index (κ2) is 9.17. The van der Waals surface area contributed by atoms with E-state index in [0.717, 1.165) is 0 Å². The second-order valence-corrected chi connectivity index (χ2v) is 20.1. The van der Waals surface area contributed by atoms with Gasteiger partial charge in [0, 0.05) is 0 Å². The monoisotopic (exact) mass is 398 g/mol. The third-order valence-corrected chi connectivity index (χ3v) is 24.6. The first-order chi connectivity index (χ1) is 8.46. The molecule has 0 saturated carbocycles. The van der Waals surface area contributed by atoms with Crippen molar-refractivity contribution in [3.05, 3.63) is 0 Å². The Morgan fingerprint density at radius 3 is 1.00 bits per heavy atom. The molecular weight excluding hydrogens is 366 g/mol. The molecule has 0 aromatic rings. The predicted molar refractivity (Wildman–Crippen MR) is 88.2 cm³/mol. The van der Waals surface area contributed by atoms with Crippen molar-refractivity contribution < 1.29 is 5.41 Å². The molecule has 0 rings (SSSR count). The van der Waals surface area contributed by atoms with Crippen molar-refractivity contribution in [2.45, 2.75) is 82.7 Å². The Hall–Kier alpha value is 1.17. The normalized spacial score (nSPS) is 13.3. The molecule has 0 aromatic carbocycles. The molecule has 0 spiro atoms. The molecule has 2 nitrogen and oxygen atoms in total. The van der Waals surface area contributed by atoms with E-state index in [1.165, 1.54) is 36.3 Å². The summed E-state index contributed by atoms with van der Waals surface area (Å²) in [7, 11) is -2.88. The zero-order valence-electron chi connectivity index (χ0n) is 13.5. The van der Waals surface area contributed by atoms with Crippen LogP contribution in [0.5, 0.6) is 0 Å². The van der Waals surface area contributed by atoms with Crippen LogP contribution in [0.25, 0.3) is 0 Å². The van der Waals surface area contributed by atoms with Gasteiger partial charge in [-0.15, -0.1) is 0 Å². The molecule has 0 bridgehead atoms. The van der Waals surface area contributed by atoms with Gasteiger partial charge in [0.05, 0.1) is 0 Å². The van der Waals surface area contributed by atoms with Gasteiger partial charge >= 0.3 is 126 Å². The van der Waals surface area contributed by atoms with Crippen LogP contribution in [0.4, 0.5) is 0 Å². The fraction of sp³-hybridized carbons (Fsp3) is 1.00. The van der Waals surface area contributed by atoms with Gasteiger partial charge in [0.15, 0.2) is 0 Å². The van der Waals surface area contributed by atoms with Crippen LogP contribution in [0, 0.1) is 0 Å². The molecular formula is C13H33O2SbSi2. The summed E-state index contributed by atoms with van der Waals surface area (Å²) in [5, 5.41) is 0. The molecule has 0 N–H and O–H groups in total.